The number of aromatic amines is 1. The van der Waals surface area contributed by atoms with Crippen molar-refractivity contribution < 1.29 is 4.90 Å². The third kappa shape index (κ3) is 3.71. The molecule has 0 saturated heterocycles. The van der Waals surface area contributed by atoms with Gasteiger partial charge in [0.05, 0.1) is 17.3 Å². The smallest absolute Gasteiger partial charge is 0.221 e. The van der Waals surface area contributed by atoms with E-state index >= 15 is 0 Å². The molecule has 0 aliphatic carbocycles. The number of fused-ring (bicyclic) bond motifs is 1. The molecule has 0 saturated carbocycles. The molecule has 27 heavy (non-hydrogen) atoms. The summed E-state index contributed by atoms with van der Waals surface area (Å²) in [5.74, 6) is 0.806. The molecule has 2 atom stereocenters. The number of thiazole rings is 1. The van der Waals surface area contributed by atoms with Gasteiger partial charge >= 0.3 is 0 Å². The number of aryl methyl sites for hydroxylation is 1. The molecule has 138 valence electrons. The Morgan fingerprint density at radius 2 is 1.89 bits per heavy atom. The Balaban J connectivity index is 1.54. The maximum atomic E-state index is 5.47. The van der Waals surface area contributed by atoms with Crippen LogP contribution in [-0.2, 0) is 6.67 Å². The standard InChI is InChI=1S/C20H21N5S2/c1-13-8-10-15(11-9-13)18-22-20(26)25(23-18)12-24(3)14(2)19-21-16-6-4-5-7-17(16)27-19/h4-11,14H,12H2,1-3H3,(H,22,23,26)/p+1/t14-/m1/s1. The van der Waals surface area contributed by atoms with Crippen molar-refractivity contribution in [3.05, 3.63) is 63.9 Å². The van der Waals surface area contributed by atoms with E-state index in [9.17, 15) is 0 Å². The lowest BCUT2D eigenvalue weighted by Crippen LogP contribution is -3.08. The molecule has 1 unspecified atom stereocenters. The van der Waals surface area contributed by atoms with Gasteiger partial charge in [-0.25, -0.2) is 9.67 Å². The highest BCUT2D eigenvalue weighted by Crippen LogP contribution is 2.24. The number of benzene rings is 2. The van der Waals surface area contributed by atoms with Crippen LogP contribution in [-0.4, -0.2) is 26.8 Å². The molecule has 0 spiro atoms. The quantitative estimate of drug-likeness (QED) is 0.505. The van der Waals surface area contributed by atoms with E-state index in [1.54, 1.807) is 11.3 Å². The average molecular weight is 397 g/mol. The van der Waals surface area contributed by atoms with Gasteiger partial charge in [-0.1, -0.05) is 42.0 Å². The Labute approximate surface area is 167 Å². The molecule has 0 radical (unpaired) electrons. The van der Waals surface area contributed by atoms with Crippen molar-refractivity contribution in [3.63, 3.8) is 0 Å². The molecular formula is C20H22N5S2+. The lowest BCUT2D eigenvalue weighted by atomic mass is 10.1. The zero-order chi connectivity index (χ0) is 19.0. The molecule has 0 aliphatic rings. The summed E-state index contributed by atoms with van der Waals surface area (Å²) in [5, 5.41) is 4.48. The minimum absolute atomic E-state index is 0.260. The number of nitrogens with zero attached hydrogens (tertiary/aromatic N) is 3. The number of rotatable bonds is 5. The molecule has 0 amide bonds. The normalized spacial score (nSPS) is 13.7. The molecule has 0 aliphatic heterocycles. The largest absolute Gasteiger partial charge is 0.311 e. The van der Waals surface area contributed by atoms with Gasteiger partial charge in [-0.05, 0) is 38.2 Å². The summed E-state index contributed by atoms with van der Waals surface area (Å²) in [6, 6.07) is 16.8. The molecule has 5 nitrogen and oxygen atoms in total. The molecule has 4 aromatic rings. The maximum absolute atomic E-state index is 5.47. The predicted molar refractivity (Wildman–Crippen MR) is 113 cm³/mol. The summed E-state index contributed by atoms with van der Waals surface area (Å²) in [6.45, 7) is 4.98. The van der Waals surface area contributed by atoms with Gasteiger partial charge < -0.3 is 4.90 Å². The van der Waals surface area contributed by atoms with Crippen LogP contribution < -0.4 is 4.90 Å². The molecule has 4 rings (SSSR count). The van der Waals surface area contributed by atoms with Crippen molar-refractivity contribution in [2.75, 3.05) is 7.05 Å². The first-order valence-corrected chi connectivity index (χ1v) is 10.2. The first kappa shape index (κ1) is 18.0. The number of quaternary nitrogens is 1. The molecule has 0 bridgehead atoms. The molecule has 0 fully saturated rings. The summed E-state index contributed by atoms with van der Waals surface area (Å²) in [6.07, 6.45) is 0. The number of hydrogen-bond donors (Lipinski definition) is 2. The summed E-state index contributed by atoms with van der Waals surface area (Å²) >= 11 is 7.23. The van der Waals surface area contributed by atoms with E-state index in [4.69, 9.17) is 17.2 Å². The van der Waals surface area contributed by atoms with E-state index in [0.29, 0.717) is 11.4 Å². The molecular weight excluding hydrogens is 374 g/mol. The zero-order valence-electron chi connectivity index (χ0n) is 15.6. The number of para-hydroxylation sites is 1. The Kier molecular flexibility index (Phi) is 4.90. The van der Waals surface area contributed by atoms with Crippen LogP contribution in [0.4, 0.5) is 0 Å². The van der Waals surface area contributed by atoms with Gasteiger partial charge in [0.25, 0.3) is 0 Å². The van der Waals surface area contributed by atoms with Crippen LogP contribution in [0.3, 0.4) is 0 Å². The fourth-order valence-corrected chi connectivity index (χ4v) is 4.29. The fraction of sp³-hybridized carbons (Fsp3) is 0.250. The van der Waals surface area contributed by atoms with Gasteiger partial charge in [0.1, 0.15) is 6.04 Å². The SMILES string of the molecule is Cc1ccc(-c2nc(=S)n(C[NH+](C)[C@H](C)c3nc4ccccc4s3)[nH]2)cc1. The van der Waals surface area contributed by atoms with Crippen LogP contribution in [0.2, 0.25) is 0 Å². The minimum Gasteiger partial charge on any atom is -0.311 e. The van der Waals surface area contributed by atoms with Crippen LogP contribution in [0.1, 0.15) is 23.5 Å². The summed E-state index contributed by atoms with van der Waals surface area (Å²) in [4.78, 5) is 10.6. The first-order chi connectivity index (χ1) is 13.0. The molecule has 2 aromatic heterocycles. The van der Waals surface area contributed by atoms with E-state index in [1.165, 1.54) is 15.2 Å². The molecule has 7 heteroatoms. The third-order valence-electron chi connectivity index (χ3n) is 4.83. The van der Waals surface area contributed by atoms with Gasteiger partial charge in [-0.3, -0.25) is 5.10 Å². The Morgan fingerprint density at radius 1 is 1.15 bits per heavy atom. The molecule has 2 N–H and O–H groups in total. The van der Waals surface area contributed by atoms with Crippen LogP contribution in [0.25, 0.3) is 21.6 Å². The Bertz CT molecular complexity index is 1090. The first-order valence-electron chi connectivity index (χ1n) is 8.93. The summed E-state index contributed by atoms with van der Waals surface area (Å²) in [5.41, 5.74) is 3.34. The Morgan fingerprint density at radius 3 is 2.63 bits per heavy atom. The van der Waals surface area contributed by atoms with Crippen LogP contribution >= 0.6 is 23.6 Å². The van der Waals surface area contributed by atoms with E-state index in [1.807, 2.05) is 10.7 Å². The van der Waals surface area contributed by atoms with Crippen molar-refractivity contribution in [1.82, 2.24) is 19.7 Å². The van der Waals surface area contributed by atoms with Crippen LogP contribution in [0, 0.1) is 11.7 Å². The monoisotopic (exact) mass is 396 g/mol. The van der Waals surface area contributed by atoms with Crippen molar-refractivity contribution >= 4 is 33.8 Å². The van der Waals surface area contributed by atoms with E-state index in [0.717, 1.165) is 21.9 Å². The summed E-state index contributed by atoms with van der Waals surface area (Å²) in [7, 11) is 2.16. The third-order valence-corrected chi connectivity index (χ3v) is 6.36. The van der Waals surface area contributed by atoms with Crippen molar-refractivity contribution in [2.45, 2.75) is 26.6 Å². The maximum Gasteiger partial charge on any atom is 0.221 e. The number of nitrogens with one attached hydrogen (secondary N) is 2. The van der Waals surface area contributed by atoms with Crippen LogP contribution in [0.15, 0.2) is 48.5 Å². The van der Waals surface area contributed by atoms with Gasteiger partial charge in [0.2, 0.25) is 4.77 Å². The Hall–Kier alpha value is -2.35. The second-order valence-electron chi connectivity index (χ2n) is 6.89. The fourth-order valence-electron chi connectivity index (χ4n) is 2.98. The van der Waals surface area contributed by atoms with Crippen molar-refractivity contribution in [2.24, 2.45) is 0 Å². The zero-order valence-corrected chi connectivity index (χ0v) is 17.2. The highest BCUT2D eigenvalue weighted by Gasteiger charge is 2.20. The van der Waals surface area contributed by atoms with Gasteiger partial charge in [0.15, 0.2) is 17.5 Å². The lowest BCUT2D eigenvalue weighted by molar-refractivity contribution is -0.933. The molecule has 2 aromatic carbocycles. The highest BCUT2D eigenvalue weighted by molar-refractivity contribution is 7.71. The van der Waals surface area contributed by atoms with Crippen LogP contribution in [0.5, 0.6) is 0 Å². The van der Waals surface area contributed by atoms with Gasteiger partial charge in [0, 0.05) is 5.56 Å². The van der Waals surface area contributed by atoms with Crippen molar-refractivity contribution in [1.29, 1.82) is 0 Å². The van der Waals surface area contributed by atoms with E-state index in [2.05, 4.69) is 73.4 Å². The summed E-state index contributed by atoms with van der Waals surface area (Å²) < 4.78 is 3.73. The second kappa shape index (κ2) is 7.34. The average Bonchev–Trinajstić information content (AvgIpc) is 3.25. The number of H-pyrrole nitrogens is 1. The number of aromatic nitrogens is 4. The van der Waals surface area contributed by atoms with E-state index in [-0.39, 0.29) is 6.04 Å². The highest BCUT2D eigenvalue weighted by atomic mass is 32.1. The van der Waals surface area contributed by atoms with Crippen molar-refractivity contribution in [3.8, 4) is 11.4 Å². The second-order valence-corrected chi connectivity index (χ2v) is 8.32. The minimum atomic E-state index is 0.260. The van der Waals surface area contributed by atoms with E-state index < -0.39 is 0 Å². The lowest BCUT2D eigenvalue weighted by Gasteiger charge is -2.19. The topological polar surface area (TPSA) is 50.9 Å². The van der Waals surface area contributed by atoms with Gasteiger partial charge in [-0.2, -0.15) is 4.98 Å². The number of hydrogen-bond acceptors (Lipinski definition) is 4. The van der Waals surface area contributed by atoms with Gasteiger partial charge in [-0.15, -0.1) is 11.3 Å². The predicted octanol–water partition coefficient (Wildman–Crippen LogP) is 3.76. The molecule has 2 heterocycles.